The van der Waals surface area contributed by atoms with Crippen molar-refractivity contribution in [2.45, 2.75) is 38.3 Å². The standard InChI is InChI=1S/C13H17BrN2/c14-13-3-1-2-11(16-13)8-15-12-7-9-4-5-10(12)6-9/h1-3,9-10,12,15H,4-8H2. The minimum Gasteiger partial charge on any atom is -0.308 e. The molecule has 0 aromatic carbocycles. The van der Waals surface area contributed by atoms with Crippen LogP contribution >= 0.6 is 15.9 Å². The molecule has 2 bridgehead atoms. The van der Waals surface area contributed by atoms with E-state index < -0.39 is 0 Å². The molecule has 0 radical (unpaired) electrons. The monoisotopic (exact) mass is 280 g/mol. The van der Waals surface area contributed by atoms with Crippen molar-refractivity contribution in [1.82, 2.24) is 10.3 Å². The maximum atomic E-state index is 4.45. The van der Waals surface area contributed by atoms with E-state index in [9.17, 15) is 0 Å². The van der Waals surface area contributed by atoms with Gasteiger partial charge in [-0.15, -0.1) is 0 Å². The Morgan fingerprint density at radius 1 is 1.31 bits per heavy atom. The molecule has 1 aromatic rings. The summed E-state index contributed by atoms with van der Waals surface area (Å²) in [5.74, 6) is 1.95. The Hall–Kier alpha value is -0.410. The number of nitrogens with zero attached hydrogens (tertiary/aromatic N) is 1. The highest BCUT2D eigenvalue weighted by atomic mass is 79.9. The Balaban J connectivity index is 1.57. The highest BCUT2D eigenvalue weighted by molar-refractivity contribution is 9.10. The van der Waals surface area contributed by atoms with Crippen LogP contribution in [0.4, 0.5) is 0 Å². The summed E-state index contributed by atoms with van der Waals surface area (Å²) >= 11 is 3.41. The van der Waals surface area contributed by atoms with Crippen LogP contribution < -0.4 is 5.32 Å². The van der Waals surface area contributed by atoms with Gasteiger partial charge in [0.1, 0.15) is 4.60 Å². The van der Waals surface area contributed by atoms with Gasteiger partial charge in [0.2, 0.25) is 0 Å². The third kappa shape index (κ3) is 2.16. The molecule has 2 fully saturated rings. The van der Waals surface area contributed by atoms with Crippen molar-refractivity contribution < 1.29 is 0 Å². The van der Waals surface area contributed by atoms with Gasteiger partial charge in [-0.25, -0.2) is 4.98 Å². The zero-order valence-electron chi connectivity index (χ0n) is 9.32. The fraction of sp³-hybridized carbons (Fsp3) is 0.615. The number of rotatable bonds is 3. The van der Waals surface area contributed by atoms with Gasteiger partial charge < -0.3 is 5.32 Å². The lowest BCUT2D eigenvalue weighted by molar-refractivity contribution is 0.349. The summed E-state index contributed by atoms with van der Waals surface area (Å²) < 4.78 is 0.930. The van der Waals surface area contributed by atoms with E-state index in [1.165, 1.54) is 25.7 Å². The van der Waals surface area contributed by atoms with Crippen LogP contribution in [0, 0.1) is 11.8 Å². The molecule has 2 aliphatic carbocycles. The van der Waals surface area contributed by atoms with E-state index in [2.05, 4.69) is 38.4 Å². The van der Waals surface area contributed by atoms with Gasteiger partial charge in [0.25, 0.3) is 0 Å². The van der Waals surface area contributed by atoms with E-state index in [0.29, 0.717) is 0 Å². The predicted octanol–water partition coefficient (Wildman–Crippen LogP) is 3.12. The summed E-state index contributed by atoms with van der Waals surface area (Å²) in [4.78, 5) is 4.45. The quantitative estimate of drug-likeness (QED) is 0.861. The van der Waals surface area contributed by atoms with Gasteiger partial charge in [-0.3, -0.25) is 0 Å². The van der Waals surface area contributed by atoms with Crippen molar-refractivity contribution in [3.05, 3.63) is 28.5 Å². The van der Waals surface area contributed by atoms with Gasteiger partial charge in [0.05, 0.1) is 5.69 Å². The lowest BCUT2D eigenvalue weighted by atomic mass is 9.95. The molecule has 3 rings (SSSR count). The van der Waals surface area contributed by atoms with Gasteiger partial charge >= 0.3 is 0 Å². The van der Waals surface area contributed by atoms with Crippen LogP contribution in [0.5, 0.6) is 0 Å². The van der Waals surface area contributed by atoms with Crippen molar-refractivity contribution >= 4 is 15.9 Å². The van der Waals surface area contributed by atoms with E-state index >= 15 is 0 Å². The van der Waals surface area contributed by atoms with Crippen molar-refractivity contribution in [2.24, 2.45) is 11.8 Å². The maximum absolute atomic E-state index is 4.45. The number of aromatic nitrogens is 1. The summed E-state index contributed by atoms with van der Waals surface area (Å²) in [5.41, 5.74) is 1.14. The number of nitrogens with one attached hydrogen (secondary N) is 1. The molecule has 3 atom stereocenters. The van der Waals surface area contributed by atoms with Gasteiger partial charge in [0, 0.05) is 12.6 Å². The molecule has 2 aliphatic rings. The average molecular weight is 281 g/mol. The van der Waals surface area contributed by atoms with E-state index in [4.69, 9.17) is 0 Å². The molecule has 2 saturated carbocycles. The van der Waals surface area contributed by atoms with Crippen molar-refractivity contribution in [1.29, 1.82) is 0 Å². The highest BCUT2D eigenvalue weighted by Gasteiger charge is 2.38. The van der Waals surface area contributed by atoms with Crippen LogP contribution in [0.3, 0.4) is 0 Å². The second kappa shape index (κ2) is 4.46. The Kier molecular flexibility index (Phi) is 2.99. The van der Waals surface area contributed by atoms with E-state index in [-0.39, 0.29) is 0 Å². The molecule has 0 aliphatic heterocycles. The van der Waals surface area contributed by atoms with Gasteiger partial charge in [0.15, 0.2) is 0 Å². The molecule has 3 unspecified atom stereocenters. The zero-order chi connectivity index (χ0) is 11.0. The lowest BCUT2D eigenvalue weighted by Crippen LogP contribution is -2.33. The van der Waals surface area contributed by atoms with Crippen molar-refractivity contribution in [2.75, 3.05) is 0 Å². The van der Waals surface area contributed by atoms with Crippen LogP contribution in [0.1, 0.15) is 31.4 Å². The molecule has 2 nitrogen and oxygen atoms in total. The average Bonchev–Trinajstić information content (AvgIpc) is 2.88. The fourth-order valence-corrected chi connectivity index (χ4v) is 3.66. The first-order chi connectivity index (χ1) is 7.81. The van der Waals surface area contributed by atoms with Crippen LogP contribution in [-0.4, -0.2) is 11.0 Å². The number of hydrogen-bond donors (Lipinski definition) is 1. The molecule has 86 valence electrons. The zero-order valence-corrected chi connectivity index (χ0v) is 10.9. The first-order valence-electron chi connectivity index (χ1n) is 6.16. The van der Waals surface area contributed by atoms with E-state index in [1.807, 2.05) is 6.07 Å². The van der Waals surface area contributed by atoms with Gasteiger partial charge in [-0.05, 0) is 59.2 Å². The fourth-order valence-electron chi connectivity index (χ4n) is 3.28. The smallest absolute Gasteiger partial charge is 0.106 e. The molecule has 0 spiro atoms. The number of pyridine rings is 1. The Morgan fingerprint density at radius 2 is 2.25 bits per heavy atom. The van der Waals surface area contributed by atoms with Crippen LogP contribution in [0.15, 0.2) is 22.8 Å². The summed E-state index contributed by atoms with van der Waals surface area (Å²) in [5, 5.41) is 3.67. The summed E-state index contributed by atoms with van der Waals surface area (Å²) in [6, 6.07) is 6.86. The second-order valence-corrected chi connectivity index (χ2v) is 5.93. The molecule has 1 heterocycles. The minimum atomic E-state index is 0.750. The van der Waals surface area contributed by atoms with Crippen LogP contribution in [-0.2, 0) is 6.54 Å². The normalized spacial score (nSPS) is 32.2. The molecule has 3 heteroatoms. The summed E-state index contributed by atoms with van der Waals surface area (Å²) in [6.45, 7) is 0.910. The molecule has 0 saturated heterocycles. The lowest BCUT2D eigenvalue weighted by Gasteiger charge is -2.22. The highest BCUT2D eigenvalue weighted by Crippen LogP contribution is 2.44. The maximum Gasteiger partial charge on any atom is 0.106 e. The first kappa shape index (κ1) is 10.7. The number of hydrogen-bond acceptors (Lipinski definition) is 2. The summed E-state index contributed by atoms with van der Waals surface area (Å²) in [6.07, 6.45) is 5.76. The van der Waals surface area contributed by atoms with Crippen LogP contribution in [0.2, 0.25) is 0 Å². The Labute approximate surface area is 105 Å². The molecule has 0 amide bonds. The third-order valence-electron chi connectivity index (χ3n) is 4.06. The van der Waals surface area contributed by atoms with Crippen LogP contribution in [0.25, 0.3) is 0 Å². The summed E-state index contributed by atoms with van der Waals surface area (Å²) in [7, 11) is 0. The first-order valence-corrected chi connectivity index (χ1v) is 6.95. The SMILES string of the molecule is Brc1cccc(CNC2CC3CCC2C3)n1. The topological polar surface area (TPSA) is 24.9 Å². The Bertz CT molecular complexity index is 380. The van der Waals surface area contributed by atoms with E-state index in [1.54, 1.807) is 0 Å². The number of fused-ring (bicyclic) bond motifs is 2. The molecule has 16 heavy (non-hydrogen) atoms. The molecule has 1 aromatic heterocycles. The van der Waals surface area contributed by atoms with Gasteiger partial charge in [-0.1, -0.05) is 12.5 Å². The molecular formula is C13H17BrN2. The van der Waals surface area contributed by atoms with Crippen molar-refractivity contribution in [3.8, 4) is 0 Å². The minimum absolute atomic E-state index is 0.750. The van der Waals surface area contributed by atoms with E-state index in [0.717, 1.165) is 34.7 Å². The predicted molar refractivity (Wildman–Crippen MR) is 68.0 cm³/mol. The Morgan fingerprint density at radius 3 is 2.94 bits per heavy atom. The van der Waals surface area contributed by atoms with Crippen molar-refractivity contribution in [3.63, 3.8) is 0 Å². The number of halogens is 1. The second-order valence-electron chi connectivity index (χ2n) is 5.11. The molecular weight excluding hydrogens is 264 g/mol. The molecule has 1 N–H and O–H groups in total. The third-order valence-corrected chi connectivity index (χ3v) is 4.50. The van der Waals surface area contributed by atoms with Gasteiger partial charge in [-0.2, -0.15) is 0 Å². The largest absolute Gasteiger partial charge is 0.308 e.